The summed E-state index contributed by atoms with van der Waals surface area (Å²) in [7, 11) is 0. The number of thiol groups is 1. The normalized spacial score (nSPS) is 18.6. The first kappa shape index (κ1) is 14.7. The maximum atomic E-state index is 12.2. The highest BCUT2D eigenvalue weighted by molar-refractivity contribution is 7.80. The summed E-state index contributed by atoms with van der Waals surface area (Å²) in [5, 5.41) is 2.77. The van der Waals surface area contributed by atoms with Gasteiger partial charge in [-0.2, -0.15) is 12.6 Å². The van der Waals surface area contributed by atoms with Crippen LogP contribution in [0.25, 0.3) is 0 Å². The van der Waals surface area contributed by atoms with Crippen molar-refractivity contribution in [2.24, 2.45) is 5.92 Å². The molecule has 1 heterocycles. The zero-order chi connectivity index (χ0) is 12.7. The van der Waals surface area contributed by atoms with Gasteiger partial charge in [0, 0.05) is 18.7 Å². The van der Waals surface area contributed by atoms with Gasteiger partial charge in [0.05, 0.1) is 6.54 Å². The Morgan fingerprint density at radius 3 is 2.59 bits per heavy atom. The maximum Gasteiger partial charge on any atom is 0.251 e. The van der Waals surface area contributed by atoms with Crippen molar-refractivity contribution in [3.63, 3.8) is 0 Å². The zero-order valence-corrected chi connectivity index (χ0v) is 10.8. The summed E-state index contributed by atoms with van der Waals surface area (Å²) in [5.74, 6) is 1.02. The van der Waals surface area contributed by atoms with Crippen LogP contribution in [0.5, 0.6) is 0 Å². The molecular formula is C11H20F2N2OS. The number of halogens is 2. The van der Waals surface area contributed by atoms with E-state index in [9.17, 15) is 13.6 Å². The smallest absolute Gasteiger partial charge is 0.251 e. The van der Waals surface area contributed by atoms with E-state index in [4.69, 9.17) is 0 Å². The summed E-state index contributed by atoms with van der Waals surface area (Å²) < 4.78 is 24.3. The number of hydrogen-bond donors (Lipinski definition) is 2. The highest BCUT2D eigenvalue weighted by Crippen LogP contribution is 2.20. The molecule has 0 aromatic heterocycles. The topological polar surface area (TPSA) is 32.3 Å². The van der Waals surface area contributed by atoms with Crippen LogP contribution < -0.4 is 5.32 Å². The van der Waals surface area contributed by atoms with Gasteiger partial charge in [0.25, 0.3) is 6.43 Å². The Labute approximate surface area is 106 Å². The summed E-state index contributed by atoms with van der Waals surface area (Å²) in [6.07, 6.45) is -0.0801. The molecule has 0 aromatic carbocycles. The SMILES string of the molecule is O=C(CC1CCN(CC(F)F)CC1)NCCS. The molecule has 1 N–H and O–H groups in total. The second-order valence-electron chi connectivity index (χ2n) is 4.41. The Morgan fingerprint density at radius 1 is 1.41 bits per heavy atom. The highest BCUT2D eigenvalue weighted by atomic mass is 32.1. The molecule has 1 fully saturated rings. The Balaban J connectivity index is 2.16. The van der Waals surface area contributed by atoms with E-state index in [1.807, 2.05) is 0 Å². The number of carbonyl (C=O) groups is 1. The number of likely N-dealkylation sites (tertiary alicyclic amines) is 1. The standard InChI is InChI=1S/C11H20F2N2OS/c12-10(13)8-15-4-1-9(2-5-15)7-11(16)14-3-6-17/h9-10,17H,1-8H2,(H,14,16). The molecule has 0 aromatic rings. The minimum Gasteiger partial charge on any atom is -0.355 e. The molecule has 1 aliphatic heterocycles. The molecule has 1 rings (SSSR count). The molecule has 17 heavy (non-hydrogen) atoms. The first-order chi connectivity index (χ1) is 8.11. The van der Waals surface area contributed by atoms with E-state index in [0.29, 0.717) is 37.7 Å². The summed E-state index contributed by atoms with van der Waals surface area (Å²) in [4.78, 5) is 13.2. The summed E-state index contributed by atoms with van der Waals surface area (Å²) >= 11 is 4.01. The predicted molar refractivity (Wildman–Crippen MR) is 66.6 cm³/mol. The number of alkyl halides is 2. The molecule has 0 spiro atoms. The molecule has 6 heteroatoms. The van der Waals surface area contributed by atoms with Crippen molar-refractivity contribution < 1.29 is 13.6 Å². The van der Waals surface area contributed by atoms with Crippen LogP contribution in [0.2, 0.25) is 0 Å². The molecule has 0 saturated carbocycles. The molecule has 1 amide bonds. The Hall–Kier alpha value is -0.360. The fourth-order valence-electron chi connectivity index (χ4n) is 2.10. The third kappa shape index (κ3) is 6.21. The second-order valence-corrected chi connectivity index (χ2v) is 4.86. The van der Waals surface area contributed by atoms with Crippen molar-refractivity contribution in [3.8, 4) is 0 Å². The molecular weight excluding hydrogens is 246 g/mol. The summed E-state index contributed by atoms with van der Waals surface area (Å²) in [6.45, 7) is 1.80. The van der Waals surface area contributed by atoms with E-state index in [2.05, 4.69) is 17.9 Å². The fourth-order valence-corrected chi connectivity index (χ4v) is 2.21. The van der Waals surface area contributed by atoms with Gasteiger partial charge in [-0.1, -0.05) is 0 Å². The van der Waals surface area contributed by atoms with E-state index in [-0.39, 0.29) is 12.5 Å². The van der Waals surface area contributed by atoms with Crippen molar-refractivity contribution in [2.45, 2.75) is 25.7 Å². The number of piperidine rings is 1. The minimum absolute atomic E-state index is 0.0476. The van der Waals surface area contributed by atoms with E-state index >= 15 is 0 Å². The van der Waals surface area contributed by atoms with E-state index in [1.54, 1.807) is 4.90 Å². The van der Waals surface area contributed by atoms with Gasteiger partial charge < -0.3 is 5.32 Å². The fraction of sp³-hybridized carbons (Fsp3) is 0.909. The number of hydrogen-bond acceptors (Lipinski definition) is 3. The number of amides is 1. The molecule has 100 valence electrons. The van der Waals surface area contributed by atoms with Crippen molar-refractivity contribution in [1.29, 1.82) is 0 Å². The van der Waals surface area contributed by atoms with Crippen molar-refractivity contribution in [1.82, 2.24) is 10.2 Å². The van der Waals surface area contributed by atoms with Gasteiger partial charge in [-0.05, 0) is 31.8 Å². The third-order valence-corrected chi connectivity index (χ3v) is 3.24. The number of carbonyl (C=O) groups excluding carboxylic acids is 1. The Morgan fingerprint density at radius 2 is 2.06 bits per heavy atom. The van der Waals surface area contributed by atoms with Crippen LogP contribution in [-0.4, -0.2) is 49.2 Å². The third-order valence-electron chi connectivity index (χ3n) is 3.01. The minimum atomic E-state index is -2.26. The molecule has 0 unspecified atom stereocenters. The predicted octanol–water partition coefficient (Wildman–Crippen LogP) is 1.40. The van der Waals surface area contributed by atoms with E-state index in [1.165, 1.54) is 0 Å². The van der Waals surface area contributed by atoms with E-state index < -0.39 is 6.43 Å². The average Bonchev–Trinajstić information content (AvgIpc) is 2.28. The summed E-state index contributed by atoms with van der Waals surface area (Å²) in [5.41, 5.74) is 0. The van der Waals surface area contributed by atoms with Gasteiger partial charge in [0.15, 0.2) is 0 Å². The molecule has 3 nitrogen and oxygen atoms in total. The van der Waals surface area contributed by atoms with Gasteiger partial charge in [0.2, 0.25) is 5.91 Å². The summed E-state index contributed by atoms with van der Waals surface area (Å²) in [6, 6.07) is 0. The van der Waals surface area contributed by atoms with Crippen LogP contribution in [0.15, 0.2) is 0 Å². The van der Waals surface area contributed by atoms with Gasteiger partial charge >= 0.3 is 0 Å². The number of nitrogens with one attached hydrogen (secondary N) is 1. The lowest BCUT2D eigenvalue weighted by Gasteiger charge is -2.31. The zero-order valence-electron chi connectivity index (χ0n) is 9.87. The second kappa shape index (κ2) is 7.87. The lowest BCUT2D eigenvalue weighted by atomic mass is 9.93. The molecule has 0 aliphatic carbocycles. The molecule has 0 radical (unpaired) electrons. The van der Waals surface area contributed by atoms with Gasteiger partial charge in [-0.25, -0.2) is 8.78 Å². The van der Waals surface area contributed by atoms with Crippen LogP contribution in [0.3, 0.4) is 0 Å². The van der Waals surface area contributed by atoms with Crippen LogP contribution >= 0.6 is 12.6 Å². The number of nitrogens with zero attached hydrogens (tertiary/aromatic N) is 1. The molecule has 1 aliphatic rings. The maximum absolute atomic E-state index is 12.2. The van der Waals surface area contributed by atoms with Crippen LogP contribution in [0.4, 0.5) is 8.78 Å². The lowest BCUT2D eigenvalue weighted by molar-refractivity contribution is -0.122. The van der Waals surface area contributed by atoms with Gasteiger partial charge in [-0.15, -0.1) is 0 Å². The molecule has 1 saturated heterocycles. The van der Waals surface area contributed by atoms with Crippen LogP contribution in [0, 0.1) is 5.92 Å². The van der Waals surface area contributed by atoms with E-state index in [0.717, 1.165) is 12.8 Å². The number of rotatable bonds is 6. The Bertz CT molecular complexity index is 234. The Kier molecular flexibility index (Phi) is 6.80. The van der Waals surface area contributed by atoms with Crippen molar-refractivity contribution in [2.75, 3.05) is 31.9 Å². The van der Waals surface area contributed by atoms with Gasteiger partial charge in [0.1, 0.15) is 0 Å². The highest BCUT2D eigenvalue weighted by Gasteiger charge is 2.22. The largest absolute Gasteiger partial charge is 0.355 e. The van der Waals surface area contributed by atoms with Crippen LogP contribution in [-0.2, 0) is 4.79 Å². The van der Waals surface area contributed by atoms with Gasteiger partial charge in [-0.3, -0.25) is 9.69 Å². The van der Waals surface area contributed by atoms with Crippen molar-refractivity contribution in [3.05, 3.63) is 0 Å². The van der Waals surface area contributed by atoms with Crippen molar-refractivity contribution >= 4 is 18.5 Å². The lowest BCUT2D eigenvalue weighted by Crippen LogP contribution is -2.38. The first-order valence-corrected chi connectivity index (χ1v) is 6.63. The monoisotopic (exact) mass is 266 g/mol. The molecule has 0 bridgehead atoms. The molecule has 0 atom stereocenters. The first-order valence-electron chi connectivity index (χ1n) is 6.00. The quantitative estimate of drug-likeness (QED) is 0.712. The average molecular weight is 266 g/mol. The van der Waals surface area contributed by atoms with Crippen LogP contribution in [0.1, 0.15) is 19.3 Å².